The molecule has 4 unspecified atom stereocenters. The van der Waals surface area contributed by atoms with E-state index in [-0.39, 0.29) is 30.1 Å². The monoisotopic (exact) mass is 270 g/mol. The first-order valence-corrected chi connectivity index (χ1v) is 6.96. The van der Waals surface area contributed by atoms with Crippen LogP contribution in [0.3, 0.4) is 0 Å². The third kappa shape index (κ3) is 4.09. The van der Waals surface area contributed by atoms with Crippen LogP contribution in [0.25, 0.3) is 0 Å². The molecule has 2 fully saturated rings. The lowest BCUT2D eigenvalue weighted by atomic mass is 10.0. The van der Waals surface area contributed by atoms with Crippen LogP contribution in [-0.2, 0) is 9.53 Å². The van der Waals surface area contributed by atoms with E-state index in [1.165, 1.54) is 0 Å². The fourth-order valence-electron chi connectivity index (χ4n) is 2.88. The number of amides is 2. The second-order valence-electron chi connectivity index (χ2n) is 5.57. The number of carboxylic acids is 1. The second-order valence-corrected chi connectivity index (χ2v) is 5.57. The maximum Gasteiger partial charge on any atom is 0.315 e. The number of urea groups is 1. The molecule has 0 bridgehead atoms. The van der Waals surface area contributed by atoms with E-state index in [0.717, 1.165) is 19.3 Å². The molecule has 0 spiro atoms. The summed E-state index contributed by atoms with van der Waals surface area (Å²) < 4.78 is 5.43. The average molecular weight is 270 g/mol. The topological polar surface area (TPSA) is 87.7 Å². The van der Waals surface area contributed by atoms with Crippen molar-refractivity contribution in [3.8, 4) is 0 Å². The summed E-state index contributed by atoms with van der Waals surface area (Å²) in [4.78, 5) is 22.7. The van der Waals surface area contributed by atoms with Gasteiger partial charge in [-0.25, -0.2) is 4.79 Å². The lowest BCUT2D eigenvalue weighted by Gasteiger charge is -2.28. The molecule has 6 nitrogen and oxygen atoms in total. The van der Waals surface area contributed by atoms with Crippen molar-refractivity contribution in [3.05, 3.63) is 0 Å². The molecule has 1 aliphatic carbocycles. The van der Waals surface area contributed by atoms with Gasteiger partial charge in [-0.15, -0.1) is 0 Å². The van der Waals surface area contributed by atoms with Gasteiger partial charge in [0.25, 0.3) is 0 Å². The van der Waals surface area contributed by atoms with Gasteiger partial charge in [0.2, 0.25) is 0 Å². The Morgan fingerprint density at radius 2 is 1.79 bits per heavy atom. The normalized spacial score (nSPS) is 34.8. The molecule has 2 amide bonds. The molecule has 2 aliphatic rings. The Morgan fingerprint density at radius 3 is 2.37 bits per heavy atom. The Balaban J connectivity index is 1.71. The lowest BCUT2D eigenvalue weighted by Crippen LogP contribution is -2.48. The molecule has 0 aromatic carbocycles. The highest BCUT2D eigenvalue weighted by molar-refractivity contribution is 5.75. The predicted molar refractivity (Wildman–Crippen MR) is 68.9 cm³/mol. The molecule has 1 heterocycles. The lowest BCUT2D eigenvalue weighted by molar-refractivity contribution is -0.141. The molecular formula is C13H22N2O4. The van der Waals surface area contributed by atoms with Crippen LogP contribution in [-0.4, -0.2) is 41.9 Å². The van der Waals surface area contributed by atoms with Crippen LogP contribution in [0.1, 0.15) is 39.0 Å². The van der Waals surface area contributed by atoms with Gasteiger partial charge in [-0.05, 0) is 39.0 Å². The molecule has 0 aromatic heterocycles. The van der Waals surface area contributed by atoms with Gasteiger partial charge in [-0.1, -0.05) is 0 Å². The van der Waals surface area contributed by atoms with E-state index in [1.807, 2.05) is 6.92 Å². The van der Waals surface area contributed by atoms with Crippen molar-refractivity contribution >= 4 is 12.0 Å². The van der Waals surface area contributed by atoms with Gasteiger partial charge in [0.1, 0.15) is 0 Å². The number of aliphatic carboxylic acids is 1. The quantitative estimate of drug-likeness (QED) is 0.716. The van der Waals surface area contributed by atoms with Crippen LogP contribution >= 0.6 is 0 Å². The van der Waals surface area contributed by atoms with Crippen molar-refractivity contribution in [2.75, 3.05) is 6.61 Å². The maximum absolute atomic E-state index is 11.8. The first kappa shape index (κ1) is 14.1. The van der Waals surface area contributed by atoms with Crippen molar-refractivity contribution < 1.29 is 19.4 Å². The highest BCUT2D eigenvalue weighted by Gasteiger charge is 2.31. The van der Waals surface area contributed by atoms with Gasteiger partial charge in [-0.2, -0.15) is 0 Å². The van der Waals surface area contributed by atoms with E-state index in [1.54, 1.807) is 0 Å². The van der Waals surface area contributed by atoms with Gasteiger partial charge in [0.15, 0.2) is 0 Å². The Hall–Kier alpha value is -1.30. The standard InChI is InChI=1S/C13H22N2O4/c1-8-6-11(4-5-19-8)15-13(18)14-10-3-2-9(7-10)12(16)17/h8-11H,2-7H2,1H3,(H,16,17)(H2,14,15,18). The number of carboxylic acid groups (broad SMARTS) is 1. The zero-order valence-corrected chi connectivity index (χ0v) is 11.2. The largest absolute Gasteiger partial charge is 0.481 e. The van der Waals surface area contributed by atoms with Gasteiger partial charge in [-0.3, -0.25) is 4.79 Å². The number of hydrogen-bond acceptors (Lipinski definition) is 3. The summed E-state index contributed by atoms with van der Waals surface area (Å²) in [5.74, 6) is -1.07. The SMILES string of the molecule is CC1CC(NC(=O)NC2CCC(C(=O)O)C2)CCO1. The number of carbonyl (C=O) groups excluding carboxylic acids is 1. The van der Waals surface area contributed by atoms with E-state index in [9.17, 15) is 9.59 Å². The van der Waals surface area contributed by atoms with Crippen molar-refractivity contribution in [1.29, 1.82) is 0 Å². The molecule has 4 atom stereocenters. The van der Waals surface area contributed by atoms with E-state index >= 15 is 0 Å². The highest BCUT2D eigenvalue weighted by atomic mass is 16.5. The number of nitrogens with one attached hydrogen (secondary N) is 2. The van der Waals surface area contributed by atoms with Crippen molar-refractivity contribution in [2.45, 2.75) is 57.2 Å². The van der Waals surface area contributed by atoms with Crippen LogP contribution in [0.2, 0.25) is 0 Å². The zero-order chi connectivity index (χ0) is 13.8. The molecule has 6 heteroatoms. The molecule has 19 heavy (non-hydrogen) atoms. The van der Waals surface area contributed by atoms with Gasteiger partial charge < -0.3 is 20.5 Å². The summed E-state index contributed by atoms with van der Waals surface area (Å²) in [6.45, 7) is 2.68. The molecule has 1 aliphatic heterocycles. The fraction of sp³-hybridized carbons (Fsp3) is 0.846. The van der Waals surface area contributed by atoms with Crippen LogP contribution < -0.4 is 10.6 Å². The Kier molecular flexibility index (Phi) is 4.63. The number of carbonyl (C=O) groups is 2. The third-order valence-corrected chi connectivity index (χ3v) is 3.94. The maximum atomic E-state index is 11.8. The molecule has 2 rings (SSSR count). The molecular weight excluding hydrogens is 248 g/mol. The van der Waals surface area contributed by atoms with E-state index in [4.69, 9.17) is 9.84 Å². The predicted octanol–water partition coefficient (Wildman–Crippen LogP) is 1.11. The minimum absolute atomic E-state index is 0.0154. The Labute approximate surface area is 112 Å². The average Bonchev–Trinajstić information content (AvgIpc) is 2.77. The summed E-state index contributed by atoms with van der Waals surface area (Å²) >= 11 is 0. The van der Waals surface area contributed by atoms with Gasteiger partial charge in [0.05, 0.1) is 12.0 Å². The molecule has 1 saturated carbocycles. The molecule has 0 aromatic rings. The summed E-state index contributed by atoms with van der Waals surface area (Å²) in [7, 11) is 0. The van der Waals surface area contributed by atoms with Gasteiger partial charge in [0, 0.05) is 18.7 Å². The summed E-state index contributed by atoms with van der Waals surface area (Å²) in [5, 5.41) is 14.7. The van der Waals surface area contributed by atoms with Crippen LogP contribution in [0.5, 0.6) is 0 Å². The first-order chi connectivity index (χ1) is 9.04. The zero-order valence-electron chi connectivity index (χ0n) is 11.2. The van der Waals surface area contributed by atoms with Crippen molar-refractivity contribution in [1.82, 2.24) is 10.6 Å². The van der Waals surface area contributed by atoms with E-state index < -0.39 is 5.97 Å². The van der Waals surface area contributed by atoms with Gasteiger partial charge >= 0.3 is 12.0 Å². The highest BCUT2D eigenvalue weighted by Crippen LogP contribution is 2.25. The minimum Gasteiger partial charge on any atom is -0.481 e. The number of ether oxygens (including phenoxy) is 1. The molecule has 108 valence electrons. The number of hydrogen-bond donors (Lipinski definition) is 3. The first-order valence-electron chi connectivity index (χ1n) is 6.96. The Morgan fingerprint density at radius 1 is 1.11 bits per heavy atom. The van der Waals surface area contributed by atoms with Crippen molar-refractivity contribution in [3.63, 3.8) is 0 Å². The van der Waals surface area contributed by atoms with Crippen molar-refractivity contribution in [2.24, 2.45) is 5.92 Å². The van der Waals surface area contributed by atoms with Crippen LogP contribution in [0.4, 0.5) is 4.79 Å². The fourth-order valence-corrected chi connectivity index (χ4v) is 2.88. The van der Waals surface area contributed by atoms with Crippen LogP contribution in [0.15, 0.2) is 0 Å². The smallest absolute Gasteiger partial charge is 0.315 e. The second kappa shape index (κ2) is 6.23. The van der Waals surface area contributed by atoms with Crippen LogP contribution in [0, 0.1) is 5.92 Å². The number of rotatable bonds is 3. The minimum atomic E-state index is -0.761. The third-order valence-electron chi connectivity index (χ3n) is 3.94. The summed E-state index contributed by atoms with van der Waals surface area (Å²) in [6.07, 6.45) is 3.77. The molecule has 1 saturated heterocycles. The Bertz CT molecular complexity index is 348. The van der Waals surface area contributed by atoms with E-state index in [0.29, 0.717) is 19.4 Å². The molecule has 0 radical (unpaired) electrons. The van der Waals surface area contributed by atoms with E-state index in [2.05, 4.69) is 10.6 Å². The summed E-state index contributed by atoms with van der Waals surface area (Å²) in [6, 6.07) is -0.0473. The molecule has 3 N–H and O–H groups in total. The summed E-state index contributed by atoms with van der Waals surface area (Å²) in [5.41, 5.74) is 0.